The Morgan fingerprint density at radius 1 is 0.485 bits per heavy atom. The molecule has 0 aromatic rings. The van der Waals surface area contributed by atoms with E-state index in [1.165, 1.54) is 89.9 Å². The zero-order valence-corrected chi connectivity index (χ0v) is 22.7. The molecule has 0 radical (unpaired) electrons. The predicted octanol–water partition coefficient (Wildman–Crippen LogP) is 11.3. The van der Waals surface area contributed by atoms with Crippen molar-refractivity contribution in [1.29, 1.82) is 0 Å². The lowest BCUT2D eigenvalue weighted by Gasteiger charge is -2.38. The highest BCUT2D eigenvalue weighted by Gasteiger charge is 2.30. The van der Waals surface area contributed by atoms with Crippen molar-refractivity contribution in [3.8, 4) is 0 Å². The molecule has 0 aromatic heterocycles. The lowest BCUT2D eigenvalue weighted by atomic mass is 9.68. The first-order chi connectivity index (χ1) is 16.3. The highest BCUT2D eigenvalue weighted by Crippen LogP contribution is 2.43. The molecule has 3 aliphatic carbocycles. The fourth-order valence-electron chi connectivity index (χ4n) is 7.96. The van der Waals surface area contributed by atoms with E-state index in [1.807, 2.05) is 0 Å². The summed E-state index contributed by atoms with van der Waals surface area (Å²) in [5.41, 5.74) is 0. The molecule has 0 N–H and O–H groups in total. The minimum Gasteiger partial charge on any atom is -0.103 e. The van der Waals surface area contributed by atoms with Crippen LogP contribution in [-0.2, 0) is 0 Å². The van der Waals surface area contributed by atoms with Crippen molar-refractivity contribution in [3.05, 3.63) is 12.7 Å². The summed E-state index contributed by atoms with van der Waals surface area (Å²) in [6.07, 6.45) is 38.3. The summed E-state index contributed by atoms with van der Waals surface area (Å²) in [6.45, 7) is 6.22. The van der Waals surface area contributed by atoms with Gasteiger partial charge in [-0.2, -0.15) is 0 Å². The second-order valence-electron chi connectivity index (χ2n) is 12.8. The molecule has 0 amide bonds. The molecule has 0 bridgehead atoms. The van der Waals surface area contributed by atoms with Crippen molar-refractivity contribution in [2.45, 2.75) is 161 Å². The molecular weight excluding hydrogens is 396 g/mol. The molecule has 3 aliphatic rings. The van der Waals surface area contributed by atoms with Crippen LogP contribution >= 0.6 is 0 Å². The standard InChI is InChI=1S/C33H60/c1-3-5-7-8-9-13-30-20-24-32(25-21-30)33-26-22-31(23-27-33)15-11-10-14-29-18-16-28(17-19-29)12-6-4-2/h4,28-33H,2-3,5-27H2,1H3. The largest absolute Gasteiger partial charge is 0.103 e. The summed E-state index contributed by atoms with van der Waals surface area (Å²) in [5, 5.41) is 0. The SMILES string of the molecule is C=CCCC1CCC(CCCCC2CCC(C3CCC(CCCCCCC)CC3)CC2)CC1. The van der Waals surface area contributed by atoms with Gasteiger partial charge >= 0.3 is 0 Å². The monoisotopic (exact) mass is 456 g/mol. The molecule has 0 spiro atoms. The molecule has 0 aliphatic heterocycles. The quantitative estimate of drug-likeness (QED) is 0.170. The van der Waals surface area contributed by atoms with Crippen LogP contribution in [0.25, 0.3) is 0 Å². The van der Waals surface area contributed by atoms with Gasteiger partial charge in [0.05, 0.1) is 0 Å². The van der Waals surface area contributed by atoms with E-state index in [-0.39, 0.29) is 0 Å². The number of hydrogen-bond donors (Lipinski definition) is 0. The van der Waals surface area contributed by atoms with E-state index < -0.39 is 0 Å². The van der Waals surface area contributed by atoms with E-state index in [4.69, 9.17) is 0 Å². The Morgan fingerprint density at radius 3 is 1.27 bits per heavy atom. The van der Waals surface area contributed by atoms with Crippen LogP contribution in [0, 0.1) is 35.5 Å². The number of allylic oxidation sites excluding steroid dienone is 1. The van der Waals surface area contributed by atoms with Crippen LogP contribution < -0.4 is 0 Å². The van der Waals surface area contributed by atoms with Crippen LogP contribution in [-0.4, -0.2) is 0 Å². The van der Waals surface area contributed by atoms with Gasteiger partial charge < -0.3 is 0 Å². The maximum Gasteiger partial charge on any atom is -0.0351 e. The molecule has 0 heterocycles. The predicted molar refractivity (Wildman–Crippen MR) is 148 cm³/mol. The Morgan fingerprint density at radius 2 is 0.848 bits per heavy atom. The van der Waals surface area contributed by atoms with Crippen molar-refractivity contribution in [1.82, 2.24) is 0 Å². The van der Waals surface area contributed by atoms with Gasteiger partial charge in [-0.1, -0.05) is 129 Å². The third-order valence-corrected chi connectivity index (χ3v) is 10.4. The summed E-state index contributed by atoms with van der Waals surface area (Å²) < 4.78 is 0. The molecule has 3 fully saturated rings. The molecular formula is C33H60. The van der Waals surface area contributed by atoms with Crippen molar-refractivity contribution in [2.75, 3.05) is 0 Å². The van der Waals surface area contributed by atoms with Gasteiger partial charge in [0, 0.05) is 0 Å². The van der Waals surface area contributed by atoms with Gasteiger partial charge in [0.2, 0.25) is 0 Å². The second-order valence-corrected chi connectivity index (χ2v) is 12.8. The van der Waals surface area contributed by atoms with Crippen LogP contribution in [0.15, 0.2) is 12.7 Å². The molecule has 192 valence electrons. The van der Waals surface area contributed by atoms with Gasteiger partial charge in [0.1, 0.15) is 0 Å². The van der Waals surface area contributed by atoms with E-state index in [9.17, 15) is 0 Å². The van der Waals surface area contributed by atoms with E-state index >= 15 is 0 Å². The van der Waals surface area contributed by atoms with Gasteiger partial charge in [0.15, 0.2) is 0 Å². The minimum atomic E-state index is 1.01. The van der Waals surface area contributed by atoms with Gasteiger partial charge in [-0.25, -0.2) is 0 Å². The second kappa shape index (κ2) is 16.4. The number of hydrogen-bond acceptors (Lipinski definition) is 0. The Bertz CT molecular complexity index is 468. The normalized spacial score (nSPS) is 33.1. The zero-order chi connectivity index (χ0) is 23.1. The van der Waals surface area contributed by atoms with Gasteiger partial charge in [-0.15, -0.1) is 6.58 Å². The molecule has 3 saturated carbocycles. The third-order valence-electron chi connectivity index (χ3n) is 10.4. The van der Waals surface area contributed by atoms with Gasteiger partial charge in [0.25, 0.3) is 0 Å². The summed E-state index contributed by atoms with van der Waals surface area (Å²) in [5.74, 6) is 6.44. The fraction of sp³-hybridized carbons (Fsp3) is 0.939. The van der Waals surface area contributed by atoms with Crippen molar-refractivity contribution < 1.29 is 0 Å². The average molecular weight is 457 g/mol. The van der Waals surface area contributed by atoms with Gasteiger partial charge in [-0.05, 0) is 74.0 Å². The van der Waals surface area contributed by atoms with E-state index in [2.05, 4.69) is 19.6 Å². The minimum absolute atomic E-state index is 1.01. The Labute approximate surface area is 209 Å². The van der Waals surface area contributed by atoms with Crippen LogP contribution in [0.1, 0.15) is 161 Å². The molecule has 0 saturated heterocycles. The van der Waals surface area contributed by atoms with E-state index in [1.54, 1.807) is 64.2 Å². The molecule has 0 nitrogen and oxygen atoms in total. The molecule has 0 heteroatoms. The Kier molecular flexibility index (Phi) is 13.6. The van der Waals surface area contributed by atoms with Gasteiger partial charge in [-0.3, -0.25) is 0 Å². The maximum atomic E-state index is 3.89. The maximum absolute atomic E-state index is 3.89. The lowest BCUT2D eigenvalue weighted by molar-refractivity contribution is 0.139. The first-order valence-electron chi connectivity index (χ1n) is 15.9. The van der Waals surface area contributed by atoms with Crippen LogP contribution in [0.4, 0.5) is 0 Å². The van der Waals surface area contributed by atoms with Crippen LogP contribution in [0.5, 0.6) is 0 Å². The van der Waals surface area contributed by atoms with Crippen molar-refractivity contribution >= 4 is 0 Å². The highest BCUT2D eigenvalue weighted by molar-refractivity contribution is 4.82. The van der Waals surface area contributed by atoms with Crippen molar-refractivity contribution in [2.24, 2.45) is 35.5 Å². The topological polar surface area (TPSA) is 0 Å². The fourth-order valence-corrected chi connectivity index (χ4v) is 7.96. The zero-order valence-electron chi connectivity index (χ0n) is 22.7. The number of rotatable bonds is 15. The number of unbranched alkanes of at least 4 members (excludes halogenated alkanes) is 5. The molecule has 3 rings (SSSR count). The Balaban J connectivity index is 1.17. The summed E-state index contributed by atoms with van der Waals surface area (Å²) >= 11 is 0. The van der Waals surface area contributed by atoms with Crippen LogP contribution in [0.3, 0.4) is 0 Å². The smallest absolute Gasteiger partial charge is 0.0351 e. The van der Waals surface area contributed by atoms with E-state index in [0.717, 1.165) is 35.5 Å². The molecule has 0 aromatic carbocycles. The first kappa shape index (κ1) is 27.3. The molecule has 0 atom stereocenters. The average Bonchev–Trinajstić information content (AvgIpc) is 2.87. The van der Waals surface area contributed by atoms with Crippen LogP contribution in [0.2, 0.25) is 0 Å². The summed E-state index contributed by atoms with van der Waals surface area (Å²) in [7, 11) is 0. The molecule has 33 heavy (non-hydrogen) atoms. The molecule has 0 unspecified atom stereocenters. The van der Waals surface area contributed by atoms with E-state index in [0.29, 0.717) is 0 Å². The van der Waals surface area contributed by atoms with Crippen molar-refractivity contribution in [3.63, 3.8) is 0 Å². The lowest BCUT2D eigenvalue weighted by Crippen LogP contribution is -2.26. The third kappa shape index (κ3) is 10.5. The first-order valence-corrected chi connectivity index (χ1v) is 15.9. The Hall–Kier alpha value is -0.260. The highest BCUT2D eigenvalue weighted by atomic mass is 14.4. The summed E-state index contributed by atoms with van der Waals surface area (Å²) in [6, 6.07) is 0. The summed E-state index contributed by atoms with van der Waals surface area (Å²) in [4.78, 5) is 0.